The van der Waals surface area contributed by atoms with Gasteiger partial charge in [-0.1, -0.05) is 30.4 Å². The number of ether oxygens (including phenoxy) is 2. The number of benzene rings is 1. The molecule has 3 heteroatoms. The van der Waals surface area contributed by atoms with E-state index >= 15 is 0 Å². The molecule has 3 nitrogen and oxygen atoms in total. The molecule has 1 heterocycles. The third-order valence-electron chi connectivity index (χ3n) is 2.53. The molecule has 0 radical (unpaired) electrons. The third-order valence-corrected chi connectivity index (χ3v) is 2.53. The van der Waals surface area contributed by atoms with Crippen molar-refractivity contribution >= 4 is 6.08 Å². The van der Waals surface area contributed by atoms with Gasteiger partial charge < -0.3 is 15.2 Å². The van der Waals surface area contributed by atoms with Crippen LogP contribution in [0.15, 0.2) is 30.3 Å². The molecule has 1 saturated heterocycles. The lowest BCUT2D eigenvalue weighted by atomic mass is 10.2. The molecule has 1 fully saturated rings. The Hall–Kier alpha value is -1.32. The number of para-hydroxylation sites is 1. The zero-order valence-corrected chi connectivity index (χ0v) is 9.26. The van der Waals surface area contributed by atoms with Gasteiger partial charge in [0.1, 0.15) is 11.9 Å². The largest absolute Gasteiger partial charge is 0.487 e. The fraction of sp³-hybridized carbons (Fsp3) is 0.385. The molecule has 1 aliphatic heterocycles. The summed E-state index contributed by atoms with van der Waals surface area (Å²) in [6, 6.07) is 7.98. The van der Waals surface area contributed by atoms with Crippen molar-refractivity contribution in [3.05, 3.63) is 35.9 Å². The Labute approximate surface area is 95.9 Å². The molecular formula is C13H17NO2. The smallest absolute Gasteiger partial charge is 0.127 e. The number of nitrogens with two attached hydrogens (primary N) is 1. The Bertz CT molecular complexity index is 357. The van der Waals surface area contributed by atoms with Gasteiger partial charge in [-0.15, -0.1) is 0 Å². The second kappa shape index (κ2) is 5.68. The van der Waals surface area contributed by atoms with Crippen LogP contribution >= 0.6 is 0 Å². The van der Waals surface area contributed by atoms with E-state index in [0.717, 1.165) is 24.3 Å². The molecule has 1 aromatic rings. The first-order chi connectivity index (χ1) is 7.90. The van der Waals surface area contributed by atoms with Crippen LogP contribution in [0.1, 0.15) is 12.0 Å². The van der Waals surface area contributed by atoms with Crippen molar-refractivity contribution in [2.75, 3.05) is 19.8 Å². The van der Waals surface area contributed by atoms with Crippen LogP contribution in [0.4, 0.5) is 0 Å². The molecule has 0 bridgehead atoms. The van der Waals surface area contributed by atoms with Crippen LogP contribution in [0.25, 0.3) is 6.08 Å². The van der Waals surface area contributed by atoms with E-state index in [1.54, 1.807) is 0 Å². The first kappa shape index (κ1) is 11.2. The van der Waals surface area contributed by atoms with Crippen LogP contribution in [0, 0.1) is 0 Å². The second-order valence-electron chi connectivity index (χ2n) is 3.78. The number of hydrogen-bond acceptors (Lipinski definition) is 3. The molecule has 16 heavy (non-hydrogen) atoms. The molecule has 0 aliphatic carbocycles. The molecule has 0 saturated carbocycles. The maximum atomic E-state index is 5.89. The van der Waals surface area contributed by atoms with Gasteiger partial charge in [0.15, 0.2) is 0 Å². The molecule has 1 atom stereocenters. The highest BCUT2D eigenvalue weighted by Gasteiger charge is 2.17. The quantitative estimate of drug-likeness (QED) is 0.840. The lowest BCUT2D eigenvalue weighted by Gasteiger charge is -2.13. The molecule has 1 aromatic carbocycles. The minimum atomic E-state index is 0.187. The van der Waals surface area contributed by atoms with Crippen LogP contribution < -0.4 is 10.5 Å². The molecule has 1 aliphatic rings. The van der Waals surface area contributed by atoms with Gasteiger partial charge >= 0.3 is 0 Å². The summed E-state index contributed by atoms with van der Waals surface area (Å²) in [6.45, 7) is 2.03. The molecular weight excluding hydrogens is 202 g/mol. The normalized spacial score (nSPS) is 20.4. The standard InChI is InChI=1S/C13H17NO2/c14-8-3-5-11-4-1-2-6-13(11)16-12-7-9-15-10-12/h1-6,12H,7-10,14H2/b5-3+. The summed E-state index contributed by atoms with van der Waals surface area (Å²) in [7, 11) is 0. The van der Waals surface area contributed by atoms with E-state index in [1.165, 1.54) is 0 Å². The van der Waals surface area contributed by atoms with Gasteiger partial charge in [-0.3, -0.25) is 0 Å². The summed E-state index contributed by atoms with van der Waals surface area (Å²) < 4.78 is 11.2. The van der Waals surface area contributed by atoms with Crippen molar-refractivity contribution in [2.24, 2.45) is 5.73 Å². The second-order valence-corrected chi connectivity index (χ2v) is 3.78. The summed E-state index contributed by atoms with van der Waals surface area (Å²) in [5.41, 5.74) is 6.51. The van der Waals surface area contributed by atoms with E-state index in [-0.39, 0.29) is 6.10 Å². The Morgan fingerprint density at radius 2 is 2.31 bits per heavy atom. The van der Waals surface area contributed by atoms with Crippen molar-refractivity contribution in [3.8, 4) is 5.75 Å². The fourth-order valence-corrected chi connectivity index (χ4v) is 1.71. The zero-order chi connectivity index (χ0) is 11.2. The highest BCUT2D eigenvalue weighted by molar-refractivity contribution is 5.57. The minimum absolute atomic E-state index is 0.187. The average Bonchev–Trinajstić information content (AvgIpc) is 2.81. The molecule has 86 valence electrons. The minimum Gasteiger partial charge on any atom is -0.487 e. The van der Waals surface area contributed by atoms with Crippen LogP contribution in [0.2, 0.25) is 0 Å². The van der Waals surface area contributed by atoms with Crippen LogP contribution in [0.3, 0.4) is 0 Å². The van der Waals surface area contributed by atoms with Gasteiger partial charge in [-0.05, 0) is 6.07 Å². The molecule has 2 N–H and O–H groups in total. The van der Waals surface area contributed by atoms with Crippen molar-refractivity contribution in [3.63, 3.8) is 0 Å². The van der Waals surface area contributed by atoms with E-state index in [0.29, 0.717) is 13.2 Å². The van der Waals surface area contributed by atoms with E-state index in [2.05, 4.69) is 0 Å². The van der Waals surface area contributed by atoms with E-state index < -0.39 is 0 Å². The third kappa shape index (κ3) is 2.84. The first-order valence-corrected chi connectivity index (χ1v) is 5.60. The van der Waals surface area contributed by atoms with Crippen LogP contribution in [0.5, 0.6) is 5.75 Å². The Morgan fingerprint density at radius 3 is 3.06 bits per heavy atom. The SMILES string of the molecule is NC/C=C/c1ccccc1OC1CCOC1. The number of rotatable bonds is 4. The van der Waals surface area contributed by atoms with E-state index in [9.17, 15) is 0 Å². The van der Waals surface area contributed by atoms with E-state index in [1.807, 2.05) is 36.4 Å². The predicted octanol–water partition coefficient (Wildman–Crippen LogP) is 1.83. The predicted molar refractivity (Wildman–Crippen MR) is 64.4 cm³/mol. The highest BCUT2D eigenvalue weighted by atomic mass is 16.5. The summed E-state index contributed by atoms with van der Waals surface area (Å²) in [5, 5.41) is 0. The number of hydrogen-bond donors (Lipinski definition) is 1. The average molecular weight is 219 g/mol. The Kier molecular flexibility index (Phi) is 3.97. The first-order valence-electron chi connectivity index (χ1n) is 5.60. The lowest BCUT2D eigenvalue weighted by molar-refractivity contribution is 0.141. The molecule has 1 unspecified atom stereocenters. The van der Waals surface area contributed by atoms with Gasteiger partial charge in [-0.25, -0.2) is 0 Å². The van der Waals surface area contributed by atoms with Gasteiger partial charge in [-0.2, -0.15) is 0 Å². The maximum Gasteiger partial charge on any atom is 0.127 e. The maximum absolute atomic E-state index is 5.89. The summed E-state index contributed by atoms with van der Waals surface area (Å²) >= 11 is 0. The van der Waals surface area contributed by atoms with Gasteiger partial charge in [0.05, 0.1) is 13.2 Å². The lowest BCUT2D eigenvalue weighted by Crippen LogP contribution is -2.16. The van der Waals surface area contributed by atoms with Gasteiger partial charge in [0, 0.05) is 18.5 Å². The molecule has 0 amide bonds. The van der Waals surface area contributed by atoms with Gasteiger partial charge in [0.2, 0.25) is 0 Å². The zero-order valence-electron chi connectivity index (χ0n) is 9.26. The monoisotopic (exact) mass is 219 g/mol. The fourth-order valence-electron chi connectivity index (χ4n) is 1.71. The van der Waals surface area contributed by atoms with Crippen molar-refractivity contribution < 1.29 is 9.47 Å². The molecule has 2 rings (SSSR count). The summed E-state index contributed by atoms with van der Waals surface area (Å²) in [6.07, 6.45) is 5.07. The molecule has 0 aromatic heterocycles. The van der Waals surface area contributed by atoms with Gasteiger partial charge in [0.25, 0.3) is 0 Å². The Balaban J connectivity index is 2.09. The summed E-state index contributed by atoms with van der Waals surface area (Å²) in [4.78, 5) is 0. The van der Waals surface area contributed by atoms with Crippen molar-refractivity contribution in [1.29, 1.82) is 0 Å². The summed E-state index contributed by atoms with van der Waals surface area (Å²) in [5.74, 6) is 0.905. The van der Waals surface area contributed by atoms with Crippen molar-refractivity contribution in [1.82, 2.24) is 0 Å². The topological polar surface area (TPSA) is 44.5 Å². The van der Waals surface area contributed by atoms with E-state index in [4.69, 9.17) is 15.2 Å². The molecule has 0 spiro atoms. The van der Waals surface area contributed by atoms with Crippen LogP contribution in [-0.4, -0.2) is 25.9 Å². The Morgan fingerprint density at radius 1 is 1.44 bits per heavy atom. The highest BCUT2D eigenvalue weighted by Crippen LogP contribution is 2.22. The van der Waals surface area contributed by atoms with Crippen molar-refractivity contribution in [2.45, 2.75) is 12.5 Å². The van der Waals surface area contributed by atoms with Crippen LogP contribution in [-0.2, 0) is 4.74 Å².